The van der Waals surface area contributed by atoms with E-state index in [2.05, 4.69) is 71.0 Å². The van der Waals surface area contributed by atoms with Crippen molar-refractivity contribution in [3.8, 4) is 5.75 Å². The van der Waals surface area contributed by atoms with E-state index in [1.165, 1.54) is 27.9 Å². The molecule has 0 radical (unpaired) electrons. The van der Waals surface area contributed by atoms with E-state index < -0.39 is 5.91 Å². The Balaban J connectivity index is 1.11. The van der Waals surface area contributed by atoms with E-state index >= 15 is 0 Å². The van der Waals surface area contributed by atoms with Crippen molar-refractivity contribution >= 4 is 50.7 Å². The van der Waals surface area contributed by atoms with Gasteiger partial charge in [0.2, 0.25) is 5.17 Å². The summed E-state index contributed by atoms with van der Waals surface area (Å²) in [6, 6.07) is 35.0. The van der Waals surface area contributed by atoms with E-state index in [1.807, 2.05) is 74.5 Å². The Labute approximate surface area is 278 Å². The quantitative estimate of drug-likeness (QED) is 0.174. The first-order valence-corrected chi connectivity index (χ1v) is 16.5. The minimum Gasteiger partial charge on any atom is -0.492 e. The van der Waals surface area contributed by atoms with Crippen LogP contribution in [-0.2, 0) is 16.8 Å². The number of carbonyl (C=O) groups excluding carboxylic acids is 1. The molecular formula is C39H35N5O2S. The first-order valence-electron chi connectivity index (χ1n) is 15.6. The van der Waals surface area contributed by atoms with E-state index in [1.54, 1.807) is 6.08 Å². The number of hydrogen-bond donors (Lipinski definition) is 1. The van der Waals surface area contributed by atoms with Crippen LogP contribution in [0.4, 0.5) is 0 Å². The van der Waals surface area contributed by atoms with E-state index in [0.717, 1.165) is 39.0 Å². The number of carbonyl (C=O) groups is 1. The Morgan fingerprint density at radius 1 is 0.872 bits per heavy atom. The van der Waals surface area contributed by atoms with Gasteiger partial charge in [-0.2, -0.15) is 15.1 Å². The van der Waals surface area contributed by atoms with Gasteiger partial charge in [0.1, 0.15) is 17.4 Å². The third-order valence-electron chi connectivity index (χ3n) is 8.98. The van der Waals surface area contributed by atoms with Crippen molar-refractivity contribution in [1.82, 2.24) is 9.58 Å². The Morgan fingerprint density at radius 3 is 2.30 bits per heavy atom. The number of thioether (sulfide) groups is 1. The second-order valence-electron chi connectivity index (χ2n) is 12.3. The molecule has 47 heavy (non-hydrogen) atoms. The van der Waals surface area contributed by atoms with Gasteiger partial charge < -0.3 is 9.30 Å². The molecule has 2 aliphatic rings. The van der Waals surface area contributed by atoms with Gasteiger partial charge in [0.05, 0.1) is 12.1 Å². The van der Waals surface area contributed by atoms with Crippen LogP contribution < -0.4 is 4.74 Å². The highest BCUT2D eigenvalue weighted by Crippen LogP contribution is 2.34. The summed E-state index contributed by atoms with van der Waals surface area (Å²) >= 11 is 1.31. The number of nitrogens with one attached hydrogen (secondary N) is 1. The number of hydrogen-bond acceptors (Lipinski definition) is 5. The van der Waals surface area contributed by atoms with Crippen LogP contribution in [0, 0.1) is 19.3 Å². The number of aromatic nitrogens is 1. The molecule has 7 nitrogen and oxygen atoms in total. The summed E-state index contributed by atoms with van der Waals surface area (Å²) in [6.07, 6.45) is 1.79. The molecular weight excluding hydrogens is 603 g/mol. The predicted octanol–water partition coefficient (Wildman–Crippen LogP) is 8.33. The fraction of sp³-hybridized carbons (Fsp3) is 0.179. The summed E-state index contributed by atoms with van der Waals surface area (Å²) in [5.41, 5.74) is 7.58. The molecule has 0 saturated heterocycles. The largest absolute Gasteiger partial charge is 0.492 e. The maximum Gasteiger partial charge on any atom is 0.283 e. The number of aliphatic imine (C=N–C) groups is 1. The molecule has 0 spiro atoms. The molecule has 234 valence electrons. The van der Waals surface area contributed by atoms with Gasteiger partial charge in [-0.15, -0.1) is 0 Å². The molecule has 8 heteroatoms. The van der Waals surface area contributed by atoms with Gasteiger partial charge in [0.25, 0.3) is 5.91 Å². The number of aryl methyl sites for hydroxylation is 1. The molecule has 2 aliphatic heterocycles. The average Bonchev–Trinajstić information content (AvgIpc) is 3.62. The highest BCUT2D eigenvalue weighted by molar-refractivity contribution is 8.27. The molecule has 5 aromatic rings. The smallest absolute Gasteiger partial charge is 0.283 e. The van der Waals surface area contributed by atoms with E-state index in [-0.39, 0.29) is 16.8 Å². The first kappa shape index (κ1) is 30.4. The monoisotopic (exact) mass is 637 g/mol. The zero-order valence-electron chi connectivity index (χ0n) is 26.8. The van der Waals surface area contributed by atoms with Crippen LogP contribution in [0.5, 0.6) is 5.75 Å². The lowest BCUT2D eigenvalue weighted by Gasteiger charge is -2.26. The Kier molecular flexibility index (Phi) is 7.90. The van der Waals surface area contributed by atoms with Crippen molar-refractivity contribution in [2.24, 2.45) is 10.1 Å². The summed E-state index contributed by atoms with van der Waals surface area (Å²) in [7, 11) is 0. The SMILES string of the molecule is Cc1ccc(C2=NN3C(=N)/C(=C/c4c(C)n(CCOc5ccc(C(C)(C)c6ccccc6)cc5)c5ccccc45)C(=O)N=C3S2)cc1. The van der Waals surface area contributed by atoms with E-state index in [9.17, 15) is 4.79 Å². The molecule has 0 atom stereocenters. The molecule has 0 unspecified atom stereocenters. The summed E-state index contributed by atoms with van der Waals surface area (Å²) in [5, 5.41) is 17.2. The lowest BCUT2D eigenvalue weighted by molar-refractivity contribution is -0.114. The number of rotatable bonds is 8. The molecule has 4 aromatic carbocycles. The van der Waals surface area contributed by atoms with Crippen LogP contribution >= 0.6 is 11.8 Å². The van der Waals surface area contributed by atoms with Gasteiger partial charge >= 0.3 is 0 Å². The number of ether oxygens (including phenoxy) is 1. The van der Waals surface area contributed by atoms with Crippen LogP contribution in [0.1, 0.15) is 47.4 Å². The Hall–Kier alpha value is -5.21. The second kappa shape index (κ2) is 12.2. The number of hydrazone groups is 1. The molecule has 0 saturated carbocycles. The predicted molar refractivity (Wildman–Crippen MR) is 192 cm³/mol. The average molecular weight is 638 g/mol. The van der Waals surface area contributed by atoms with Crippen LogP contribution in [0.2, 0.25) is 0 Å². The highest BCUT2D eigenvalue weighted by atomic mass is 32.2. The van der Waals surface area contributed by atoms with Gasteiger partial charge in [-0.3, -0.25) is 10.2 Å². The maximum atomic E-state index is 13.3. The van der Waals surface area contributed by atoms with Crippen molar-refractivity contribution in [1.29, 1.82) is 5.41 Å². The fourth-order valence-electron chi connectivity index (χ4n) is 6.12. The molecule has 0 aliphatic carbocycles. The molecule has 1 aromatic heterocycles. The number of amidine groups is 2. The molecule has 1 N–H and O–H groups in total. The van der Waals surface area contributed by atoms with Crippen LogP contribution in [0.15, 0.2) is 119 Å². The number of nitrogens with zero attached hydrogens (tertiary/aromatic N) is 4. The lowest BCUT2D eigenvalue weighted by Crippen LogP contribution is -2.35. The maximum absolute atomic E-state index is 13.3. The van der Waals surface area contributed by atoms with E-state index in [0.29, 0.717) is 23.4 Å². The Morgan fingerprint density at radius 2 is 1.55 bits per heavy atom. The number of fused-ring (bicyclic) bond motifs is 2. The van der Waals surface area contributed by atoms with Gasteiger partial charge in [-0.05, 0) is 61.0 Å². The minimum atomic E-state index is -0.437. The zero-order chi connectivity index (χ0) is 32.7. The third-order valence-corrected chi connectivity index (χ3v) is 9.93. The Bertz CT molecular complexity index is 2110. The van der Waals surface area contributed by atoms with Crippen molar-refractivity contribution in [2.45, 2.75) is 39.7 Å². The number of benzene rings is 4. The van der Waals surface area contributed by atoms with Crippen molar-refractivity contribution < 1.29 is 9.53 Å². The first-order chi connectivity index (χ1) is 22.7. The van der Waals surface area contributed by atoms with Gasteiger partial charge in [-0.25, -0.2) is 0 Å². The molecule has 0 fully saturated rings. The topological polar surface area (TPSA) is 83.0 Å². The van der Waals surface area contributed by atoms with Crippen LogP contribution in [-0.4, -0.2) is 38.1 Å². The zero-order valence-corrected chi connectivity index (χ0v) is 27.6. The molecule has 3 heterocycles. The number of amides is 1. The fourth-order valence-corrected chi connectivity index (χ4v) is 7.02. The van der Waals surface area contributed by atoms with Crippen molar-refractivity contribution in [3.63, 3.8) is 0 Å². The van der Waals surface area contributed by atoms with Crippen LogP contribution in [0.25, 0.3) is 17.0 Å². The summed E-state index contributed by atoms with van der Waals surface area (Å²) in [6.45, 7) is 9.63. The van der Waals surface area contributed by atoms with Gasteiger partial charge in [0, 0.05) is 33.1 Å². The molecule has 7 rings (SSSR count). The van der Waals surface area contributed by atoms with Crippen molar-refractivity contribution in [3.05, 3.63) is 142 Å². The van der Waals surface area contributed by atoms with Crippen LogP contribution in [0.3, 0.4) is 0 Å². The summed E-state index contributed by atoms with van der Waals surface area (Å²) in [4.78, 5) is 17.6. The molecule has 1 amide bonds. The summed E-state index contributed by atoms with van der Waals surface area (Å²) < 4.78 is 8.42. The minimum absolute atomic E-state index is 0.0214. The molecule has 0 bridgehead atoms. The highest BCUT2D eigenvalue weighted by Gasteiger charge is 2.36. The third kappa shape index (κ3) is 5.70. The van der Waals surface area contributed by atoms with E-state index in [4.69, 9.17) is 10.1 Å². The van der Waals surface area contributed by atoms with Gasteiger partial charge in [0.15, 0.2) is 5.84 Å². The lowest BCUT2D eigenvalue weighted by atomic mass is 9.78. The normalized spacial score (nSPS) is 15.7. The standard InChI is InChI=1S/C39H35N5O2S/c1-25-14-16-27(17-15-25)37-42-44-35(40)33(36(45)41-38(44)47-37)24-32-26(2)43(34-13-9-8-12-31(32)34)22-23-46-30-20-18-29(19-21-30)39(3,4)28-10-6-5-7-11-28/h5-21,24,40H,22-23H2,1-4H3/b33-24-,40-35?. The summed E-state index contributed by atoms with van der Waals surface area (Å²) in [5.74, 6) is 0.402. The number of para-hydroxylation sites is 1. The second-order valence-corrected chi connectivity index (χ2v) is 13.3. The van der Waals surface area contributed by atoms with Gasteiger partial charge in [-0.1, -0.05) is 104 Å². The van der Waals surface area contributed by atoms with Crippen molar-refractivity contribution in [2.75, 3.05) is 6.61 Å².